The number of aryl methyl sites for hydroxylation is 1. The quantitative estimate of drug-likeness (QED) is 0.507. The van der Waals surface area contributed by atoms with Crippen LogP contribution in [0, 0.1) is 0 Å². The standard InChI is InChI=1S/C27H32ClN3O4/c1-3-35-26-16-22-18(14-25(26)33-2)8-9-31(27(32)30-10-12-34-13-11-30)24(22)7-4-19-17-29-23-6-5-20(28)15-21(19)23/h5-6,14-17,24,29H,3-4,7-13H2,1-2H3. The van der Waals surface area contributed by atoms with Crippen LogP contribution < -0.4 is 9.47 Å². The third-order valence-electron chi connectivity index (χ3n) is 7.03. The molecule has 1 saturated heterocycles. The number of carbonyl (C=O) groups excluding carboxylic acids is 1. The Balaban J connectivity index is 1.49. The molecular weight excluding hydrogens is 466 g/mol. The number of hydrogen-bond donors (Lipinski definition) is 1. The molecule has 186 valence electrons. The lowest BCUT2D eigenvalue weighted by molar-refractivity contribution is 0.0376. The largest absolute Gasteiger partial charge is 0.493 e. The van der Waals surface area contributed by atoms with Crippen molar-refractivity contribution < 1.29 is 19.0 Å². The van der Waals surface area contributed by atoms with E-state index in [1.807, 2.05) is 34.9 Å². The molecular formula is C27H32ClN3O4. The van der Waals surface area contributed by atoms with Crippen LogP contribution in [0.4, 0.5) is 4.79 Å². The lowest BCUT2D eigenvalue weighted by atomic mass is 9.88. The van der Waals surface area contributed by atoms with Gasteiger partial charge in [0.2, 0.25) is 0 Å². The molecule has 2 aromatic carbocycles. The zero-order valence-electron chi connectivity index (χ0n) is 20.3. The molecule has 35 heavy (non-hydrogen) atoms. The predicted octanol–water partition coefficient (Wildman–Crippen LogP) is 5.21. The van der Waals surface area contributed by atoms with Gasteiger partial charge in [-0.05, 0) is 73.2 Å². The van der Waals surface area contributed by atoms with Crippen LogP contribution >= 0.6 is 11.6 Å². The fraction of sp³-hybridized carbons (Fsp3) is 0.444. The first-order valence-corrected chi connectivity index (χ1v) is 12.7. The van der Waals surface area contributed by atoms with Crippen molar-refractivity contribution >= 4 is 28.5 Å². The summed E-state index contributed by atoms with van der Waals surface area (Å²) < 4.78 is 17.0. The Kier molecular flexibility index (Phi) is 7.07. The van der Waals surface area contributed by atoms with Crippen molar-refractivity contribution in [1.82, 2.24) is 14.8 Å². The van der Waals surface area contributed by atoms with Gasteiger partial charge in [0.05, 0.1) is 33.0 Å². The van der Waals surface area contributed by atoms with Crippen molar-refractivity contribution in [2.75, 3.05) is 46.6 Å². The molecule has 0 radical (unpaired) electrons. The minimum atomic E-state index is -0.0664. The van der Waals surface area contributed by atoms with Crippen LogP contribution in [-0.4, -0.2) is 67.4 Å². The summed E-state index contributed by atoms with van der Waals surface area (Å²) in [5.74, 6) is 1.46. The van der Waals surface area contributed by atoms with Crippen molar-refractivity contribution in [3.05, 3.63) is 58.2 Å². The maximum absolute atomic E-state index is 13.6. The summed E-state index contributed by atoms with van der Waals surface area (Å²) in [4.78, 5) is 20.9. The molecule has 2 aliphatic heterocycles. The van der Waals surface area contributed by atoms with Gasteiger partial charge in [-0.15, -0.1) is 0 Å². The highest BCUT2D eigenvalue weighted by molar-refractivity contribution is 6.31. The highest BCUT2D eigenvalue weighted by Crippen LogP contribution is 2.41. The van der Waals surface area contributed by atoms with E-state index in [4.69, 9.17) is 25.8 Å². The van der Waals surface area contributed by atoms with E-state index in [0.717, 1.165) is 52.3 Å². The topological polar surface area (TPSA) is 67.0 Å². The van der Waals surface area contributed by atoms with E-state index in [1.165, 1.54) is 11.1 Å². The van der Waals surface area contributed by atoms with Crippen LogP contribution in [-0.2, 0) is 17.6 Å². The Morgan fingerprint density at radius 1 is 1.17 bits per heavy atom. The number of amides is 2. The summed E-state index contributed by atoms with van der Waals surface area (Å²) in [7, 11) is 1.67. The monoisotopic (exact) mass is 497 g/mol. The third-order valence-corrected chi connectivity index (χ3v) is 7.26. The fourth-order valence-corrected chi connectivity index (χ4v) is 5.44. The van der Waals surface area contributed by atoms with Crippen LogP contribution in [0.25, 0.3) is 10.9 Å². The zero-order valence-corrected chi connectivity index (χ0v) is 21.1. The van der Waals surface area contributed by atoms with Crippen molar-refractivity contribution in [2.24, 2.45) is 0 Å². The number of morpholine rings is 1. The molecule has 1 aromatic heterocycles. The lowest BCUT2D eigenvalue weighted by Gasteiger charge is -2.41. The van der Waals surface area contributed by atoms with Crippen LogP contribution in [0.5, 0.6) is 11.5 Å². The predicted molar refractivity (Wildman–Crippen MR) is 137 cm³/mol. The number of H-pyrrole nitrogens is 1. The number of benzene rings is 2. The molecule has 0 saturated carbocycles. The van der Waals surface area contributed by atoms with E-state index in [1.54, 1.807) is 7.11 Å². The number of urea groups is 1. The second-order valence-electron chi connectivity index (χ2n) is 9.02. The van der Waals surface area contributed by atoms with E-state index < -0.39 is 0 Å². The average Bonchev–Trinajstić information content (AvgIpc) is 3.29. The molecule has 8 heteroatoms. The van der Waals surface area contributed by atoms with Gasteiger partial charge in [-0.2, -0.15) is 0 Å². The molecule has 1 atom stereocenters. The molecule has 1 N–H and O–H groups in total. The number of ether oxygens (including phenoxy) is 3. The molecule has 0 aliphatic carbocycles. The number of nitrogens with one attached hydrogen (secondary N) is 1. The third kappa shape index (κ3) is 4.80. The Bertz CT molecular complexity index is 1200. The summed E-state index contributed by atoms with van der Waals surface area (Å²) in [6, 6.07) is 10.1. The number of halogens is 1. The average molecular weight is 498 g/mol. The molecule has 1 unspecified atom stereocenters. The Morgan fingerprint density at radius 2 is 2.00 bits per heavy atom. The van der Waals surface area contributed by atoms with Gasteiger partial charge in [-0.3, -0.25) is 0 Å². The molecule has 3 aromatic rings. The fourth-order valence-electron chi connectivity index (χ4n) is 5.26. The summed E-state index contributed by atoms with van der Waals surface area (Å²) in [5.41, 5.74) is 4.62. The van der Waals surface area contributed by atoms with Gasteiger partial charge in [-0.1, -0.05) is 11.6 Å². The number of hydrogen-bond acceptors (Lipinski definition) is 4. The minimum Gasteiger partial charge on any atom is -0.493 e. The molecule has 7 nitrogen and oxygen atoms in total. The Labute approximate surface area is 210 Å². The zero-order chi connectivity index (χ0) is 24.4. The molecule has 2 aliphatic rings. The normalized spacial score (nSPS) is 18.0. The van der Waals surface area contributed by atoms with Crippen LogP contribution in [0.3, 0.4) is 0 Å². The first-order chi connectivity index (χ1) is 17.1. The second kappa shape index (κ2) is 10.4. The number of carbonyl (C=O) groups is 1. The minimum absolute atomic E-state index is 0.0664. The molecule has 0 spiro atoms. The maximum Gasteiger partial charge on any atom is 0.320 e. The molecule has 1 fully saturated rings. The van der Waals surface area contributed by atoms with Crippen LogP contribution in [0.15, 0.2) is 36.5 Å². The van der Waals surface area contributed by atoms with Crippen molar-refractivity contribution in [1.29, 1.82) is 0 Å². The summed E-state index contributed by atoms with van der Waals surface area (Å²) in [6.07, 6.45) is 4.44. The SMILES string of the molecule is CCOc1cc2c(cc1OC)CCN(C(=O)N1CCOCC1)C2CCc1c[nH]c2ccc(Cl)cc12. The van der Waals surface area contributed by atoms with E-state index in [0.29, 0.717) is 39.5 Å². The number of nitrogens with zero attached hydrogens (tertiary/aromatic N) is 2. The molecule has 3 heterocycles. The van der Waals surface area contributed by atoms with Crippen molar-refractivity contribution in [2.45, 2.75) is 32.2 Å². The Morgan fingerprint density at radius 3 is 2.77 bits per heavy atom. The van der Waals surface area contributed by atoms with Crippen molar-refractivity contribution in [3.8, 4) is 11.5 Å². The van der Waals surface area contributed by atoms with Gasteiger partial charge < -0.3 is 29.0 Å². The molecule has 2 amide bonds. The van der Waals surface area contributed by atoms with Gasteiger partial charge in [0.25, 0.3) is 0 Å². The van der Waals surface area contributed by atoms with Crippen LogP contribution in [0.2, 0.25) is 5.02 Å². The lowest BCUT2D eigenvalue weighted by Crippen LogP contribution is -2.51. The highest BCUT2D eigenvalue weighted by Gasteiger charge is 2.34. The summed E-state index contributed by atoms with van der Waals surface area (Å²) in [5, 5.41) is 1.85. The van der Waals surface area contributed by atoms with Gasteiger partial charge in [0.1, 0.15) is 0 Å². The van der Waals surface area contributed by atoms with E-state index in [-0.39, 0.29) is 12.1 Å². The molecule has 0 bridgehead atoms. The van der Waals surface area contributed by atoms with Gasteiger partial charge in [0.15, 0.2) is 11.5 Å². The summed E-state index contributed by atoms with van der Waals surface area (Å²) in [6.45, 7) is 5.61. The molecule has 5 rings (SSSR count). The maximum atomic E-state index is 13.6. The first-order valence-electron chi connectivity index (χ1n) is 12.3. The smallest absolute Gasteiger partial charge is 0.320 e. The number of methoxy groups -OCH3 is 1. The number of fused-ring (bicyclic) bond motifs is 2. The number of aromatic amines is 1. The second-order valence-corrected chi connectivity index (χ2v) is 9.46. The highest BCUT2D eigenvalue weighted by atomic mass is 35.5. The van der Waals surface area contributed by atoms with Gasteiger partial charge in [0, 0.05) is 41.8 Å². The van der Waals surface area contributed by atoms with E-state index in [9.17, 15) is 4.79 Å². The number of rotatable bonds is 6. The summed E-state index contributed by atoms with van der Waals surface area (Å²) >= 11 is 6.28. The van der Waals surface area contributed by atoms with E-state index in [2.05, 4.69) is 23.3 Å². The number of aromatic nitrogens is 1. The van der Waals surface area contributed by atoms with Gasteiger partial charge >= 0.3 is 6.03 Å². The van der Waals surface area contributed by atoms with Crippen LogP contribution in [0.1, 0.15) is 36.1 Å². The Hall–Kier alpha value is -2.90. The van der Waals surface area contributed by atoms with E-state index >= 15 is 0 Å². The van der Waals surface area contributed by atoms with Gasteiger partial charge in [-0.25, -0.2) is 4.79 Å². The first kappa shape index (κ1) is 23.8. The van der Waals surface area contributed by atoms with Crippen molar-refractivity contribution in [3.63, 3.8) is 0 Å².